The number of hydrogen-bond acceptors (Lipinski definition) is 7. The monoisotopic (exact) mass is 374 g/mol. The van der Waals surface area contributed by atoms with Gasteiger partial charge in [0.25, 0.3) is 5.91 Å². The van der Waals surface area contributed by atoms with Crippen molar-refractivity contribution in [2.75, 3.05) is 26.5 Å². The van der Waals surface area contributed by atoms with E-state index in [4.69, 9.17) is 15.2 Å². The Kier molecular flexibility index (Phi) is 5.06. The molecule has 142 valence electrons. The summed E-state index contributed by atoms with van der Waals surface area (Å²) < 4.78 is 26.4. The van der Waals surface area contributed by atoms with Crippen LogP contribution >= 0.6 is 0 Å². The van der Waals surface area contributed by atoms with Crippen LogP contribution in [0.25, 0.3) is 16.8 Å². The average molecular weight is 374 g/mol. The summed E-state index contributed by atoms with van der Waals surface area (Å²) in [6, 6.07) is 1.29. The van der Waals surface area contributed by atoms with Crippen molar-refractivity contribution >= 4 is 17.4 Å². The number of nitrogens with one attached hydrogen (secondary N) is 1. The molecule has 0 spiro atoms. The Labute approximate surface area is 154 Å². The van der Waals surface area contributed by atoms with E-state index in [1.54, 1.807) is 0 Å². The molecule has 0 saturated carbocycles. The first-order valence-electron chi connectivity index (χ1n) is 8.21. The highest BCUT2D eigenvalue weighted by Gasteiger charge is 2.23. The number of anilines is 1. The van der Waals surface area contributed by atoms with Crippen LogP contribution in [0.5, 0.6) is 11.9 Å². The number of amides is 1. The molecule has 3 heterocycles. The number of ether oxygens (including phenoxy) is 2. The molecular weight excluding hydrogens is 355 g/mol. The summed E-state index contributed by atoms with van der Waals surface area (Å²) in [5.74, 6) is -0.803. The summed E-state index contributed by atoms with van der Waals surface area (Å²) in [5, 5.41) is 2.71. The SMILES string of the molecule is CCCNC(=O)c1nc2c(-c3cnc(OC)nc3OC)c(F)ccn2c1N. The molecule has 0 aliphatic carbocycles. The van der Waals surface area contributed by atoms with Gasteiger partial charge in [-0.1, -0.05) is 6.92 Å². The summed E-state index contributed by atoms with van der Waals surface area (Å²) in [4.78, 5) is 24.6. The lowest BCUT2D eigenvalue weighted by molar-refractivity contribution is 0.0950. The van der Waals surface area contributed by atoms with Crippen molar-refractivity contribution in [2.24, 2.45) is 0 Å². The maximum atomic E-state index is 14.7. The number of nitrogens with two attached hydrogens (primary N) is 1. The number of aromatic nitrogens is 4. The minimum atomic E-state index is -0.583. The van der Waals surface area contributed by atoms with Crippen molar-refractivity contribution in [3.63, 3.8) is 0 Å². The Morgan fingerprint density at radius 1 is 1.33 bits per heavy atom. The molecule has 1 amide bonds. The number of hydrogen-bond donors (Lipinski definition) is 2. The van der Waals surface area contributed by atoms with Gasteiger partial charge in [0.1, 0.15) is 17.3 Å². The highest BCUT2D eigenvalue weighted by Crippen LogP contribution is 2.35. The van der Waals surface area contributed by atoms with Crippen molar-refractivity contribution in [3.8, 4) is 23.0 Å². The average Bonchev–Trinajstić information content (AvgIpc) is 3.02. The zero-order valence-electron chi connectivity index (χ0n) is 15.1. The molecule has 9 nitrogen and oxygen atoms in total. The van der Waals surface area contributed by atoms with E-state index in [0.29, 0.717) is 6.54 Å². The molecule has 3 aromatic rings. The molecule has 0 bridgehead atoms. The number of carbonyl (C=O) groups excluding carboxylic acids is 1. The second-order valence-corrected chi connectivity index (χ2v) is 5.61. The fourth-order valence-electron chi connectivity index (χ4n) is 2.62. The first-order valence-corrected chi connectivity index (χ1v) is 8.21. The molecule has 0 saturated heterocycles. The topological polar surface area (TPSA) is 117 Å². The van der Waals surface area contributed by atoms with Crippen molar-refractivity contribution in [2.45, 2.75) is 13.3 Å². The molecule has 0 fully saturated rings. The van der Waals surface area contributed by atoms with Crippen LogP contribution < -0.4 is 20.5 Å². The number of fused-ring (bicyclic) bond motifs is 1. The van der Waals surface area contributed by atoms with Crippen LogP contribution in [0, 0.1) is 5.82 Å². The van der Waals surface area contributed by atoms with Gasteiger partial charge in [0, 0.05) is 18.9 Å². The fourth-order valence-corrected chi connectivity index (χ4v) is 2.62. The minimum absolute atomic E-state index is 0.0173. The van der Waals surface area contributed by atoms with Crippen LogP contribution in [0.15, 0.2) is 18.5 Å². The summed E-state index contributed by atoms with van der Waals surface area (Å²) in [5.41, 5.74) is 6.55. The molecule has 3 rings (SSSR count). The number of methoxy groups -OCH3 is 2. The number of carbonyl (C=O) groups is 1. The number of pyridine rings is 1. The van der Waals surface area contributed by atoms with Gasteiger partial charge >= 0.3 is 6.01 Å². The van der Waals surface area contributed by atoms with E-state index in [0.717, 1.165) is 6.42 Å². The Hall–Kier alpha value is -3.43. The van der Waals surface area contributed by atoms with E-state index < -0.39 is 11.7 Å². The molecule has 0 aliphatic heterocycles. The first-order chi connectivity index (χ1) is 13.0. The van der Waals surface area contributed by atoms with Crippen LogP contribution in [-0.4, -0.2) is 46.0 Å². The lowest BCUT2D eigenvalue weighted by atomic mass is 10.1. The van der Waals surface area contributed by atoms with Gasteiger partial charge in [-0.2, -0.15) is 4.98 Å². The number of halogens is 1. The summed E-state index contributed by atoms with van der Waals surface area (Å²) in [7, 11) is 2.80. The van der Waals surface area contributed by atoms with Gasteiger partial charge in [-0.05, 0) is 12.5 Å². The van der Waals surface area contributed by atoms with Crippen molar-refractivity contribution < 1.29 is 18.7 Å². The Morgan fingerprint density at radius 3 is 2.78 bits per heavy atom. The predicted octanol–water partition coefficient (Wildman–Crippen LogP) is 1.67. The maximum absolute atomic E-state index is 14.7. The van der Waals surface area contributed by atoms with E-state index in [1.165, 1.54) is 37.1 Å². The second kappa shape index (κ2) is 7.44. The zero-order chi connectivity index (χ0) is 19.6. The highest BCUT2D eigenvalue weighted by molar-refractivity contribution is 5.99. The molecule has 0 radical (unpaired) electrons. The number of rotatable bonds is 6. The second-order valence-electron chi connectivity index (χ2n) is 5.61. The number of imidazole rings is 1. The van der Waals surface area contributed by atoms with Gasteiger partial charge in [0.05, 0.1) is 25.3 Å². The molecule has 0 atom stereocenters. The summed E-state index contributed by atoms with van der Waals surface area (Å²) in [6.07, 6.45) is 3.54. The van der Waals surface area contributed by atoms with Gasteiger partial charge < -0.3 is 20.5 Å². The molecule has 0 aromatic carbocycles. The zero-order valence-corrected chi connectivity index (χ0v) is 15.1. The van der Waals surface area contributed by atoms with Gasteiger partial charge in [-0.25, -0.2) is 14.4 Å². The minimum Gasteiger partial charge on any atom is -0.480 e. The van der Waals surface area contributed by atoms with Crippen molar-refractivity contribution in [1.29, 1.82) is 0 Å². The number of nitrogen functional groups attached to an aromatic ring is 1. The molecule has 3 aromatic heterocycles. The Bertz CT molecular complexity index is 1000. The van der Waals surface area contributed by atoms with Gasteiger partial charge in [0.2, 0.25) is 5.88 Å². The maximum Gasteiger partial charge on any atom is 0.319 e. The van der Waals surface area contributed by atoms with Crippen LogP contribution in [0.4, 0.5) is 10.2 Å². The normalized spacial score (nSPS) is 10.8. The van der Waals surface area contributed by atoms with Crippen LogP contribution in [0.2, 0.25) is 0 Å². The third kappa shape index (κ3) is 3.21. The third-order valence-corrected chi connectivity index (χ3v) is 3.91. The fraction of sp³-hybridized carbons (Fsp3) is 0.294. The third-order valence-electron chi connectivity index (χ3n) is 3.91. The van der Waals surface area contributed by atoms with Gasteiger partial charge in [-0.15, -0.1) is 0 Å². The molecule has 3 N–H and O–H groups in total. The predicted molar refractivity (Wildman–Crippen MR) is 96.3 cm³/mol. The van der Waals surface area contributed by atoms with Gasteiger partial charge in [-0.3, -0.25) is 9.20 Å². The summed E-state index contributed by atoms with van der Waals surface area (Å²) in [6.45, 7) is 2.41. The van der Waals surface area contributed by atoms with E-state index in [2.05, 4.69) is 20.3 Å². The van der Waals surface area contributed by atoms with Crippen LogP contribution in [0.1, 0.15) is 23.8 Å². The van der Waals surface area contributed by atoms with Gasteiger partial charge in [0.15, 0.2) is 5.69 Å². The standard InChI is InChI=1S/C17H19FN6O3/c1-4-6-20-15(25)12-13(19)24-7-5-10(18)11(14(24)22-12)9-8-21-17(27-3)23-16(9)26-2/h5,7-8H,4,6,19H2,1-3H3,(H,20,25). The van der Waals surface area contributed by atoms with Crippen LogP contribution in [0.3, 0.4) is 0 Å². The van der Waals surface area contributed by atoms with Crippen molar-refractivity contribution in [3.05, 3.63) is 30.0 Å². The first kappa shape index (κ1) is 18.4. The lowest BCUT2D eigenvalue weighted by Crippen LogP contribution is -2.25. The largest absolute Gasteiger partial charge is 0.480 e. The quantitative estimate of drug-likeness (QED) is 0.674. The molecule has 0 unspecified atom stereocenters. The van der Waals surface area contributed by atoms with E-state index >= 15 is 0 Å². The Balaban J connectivity index is 2.22. The highest BCUT2D eigenvalue weighted by atomic mass is 19.1. The molecular formula is C17H19FN6O3. The van der Waals surface area contributed by atoms with E-state index in [-0.39, 0.29) is 40.2 Å². The van der Waals surface area contributed by atoms with E-state index in [1.807, 2.05) is 6.92 Å². The Morgan fingerprint density at radius 2 is 2.11 bits per heavy atom. The van der Waals surface area contributed by atoms with Crippen LogP contribution in [-0.2, 0) is 0 Å². The number of nitrogens with zero attached hydrogens (tertiary/aromatic N) is 4. The molecule has 0 aliphatic rings. The summed E-state index contributed by atoms with van der Waals surface area (Å²) >= 11 is 0. The molecule has 27 heavy (non-hydrogen) atoms. The smallest absolute Gasteiger partial charge is 0.319 e. The lowest BCUT2D eigenvalue weighted by Gasteiger charge is -2.10. The molecule has 10 heteroatoms. The van der Waals surface area contributed by atoms with E-state index in [9.17, 15) is 9.18 Å². The van der Waals surface area contributed by atoms with Crippen molar-refractivity contribution in [1.82, 2.24) is 24.7 Å².